The van der Waals surface area contributed by atoms with Crippen molar-refractivity contribution in [1.82, 2.24) is 10.6 Å². The number of hydrogen-bond donors (Lipinski definition) is 2. The predicted octanol–water partition coefficient (Wildman–Crippen LogP) is 2.63. The molecule has 0 bridgehead atoms. The second-order valence-corrected chi connectivity index (χ2v) is 5.06. The van der Waals surface area contributed by atoms with Crippen molar-refractivity contribution in [3.05, 3.63) is 30.3 Å². The molecule has 0 radical (unpaired) electrons. The zero-order valence-corrected chi connectivity index (χ0v) is 13.9. The first-order valence-corrected chi connectivity index (χ1v) is 7.32. The third-order valence-electron chi connectivity index (χ3n) is 3.15. The van der Waals surface area contributed by atoms with Gasteiger partial charge in [-0.2, -0.15) is 0 Å². The molecule has 0 fully saturated rings. The molecule has 0 aliphatic heterocycles. The maximum atomic E-state index is 11.9. The minimum atomic E-state index is -0.0347. The lowest BCUT2D eigenvalue weighted by Gasteiger charge is -2.16. The van der Waals surface area contributed by atoms with E-state index < -0.39 is 0 Å². The molecule has 1 unspecified atom stereocenters. The molecule has 1 rings (SSSR count). The molecular weight excluding hydrogens is 288 g/mol. The van der Waals surface area contributed by atoms with Gasteiger partial charge < -0.3 is 15.4 Å². The highest BCUT2D eigenvalue weighted by Gasteiger charge is 2.13. The van der Waals surface area contributed by atoms with Crippen LogP contribution in [0, 0.1) is 5.92 Å². The van der Waals surface area contributed by atoms with Gasteiger partial charge in [0, 0.05) is 18.5 Å². The van der Waals surface area contributed by atoms with Crippen molar-refractivity contribution in [2.45, 2.75) is 33.2 Å². The summed E-state index contributed by atoms with van der Waals surface area (Å²) < 4.78 is 5.60. The fraction of sp³-hybridized carbons (Fsp3) is 0.562. The van der Waals surface area contributed by atoms with Crippen LogP contribution in [0.25, 0.3) is 0 Å². The zero-order valence-electron chi connectivity index (χ0n) is 13.1. The van der Waals surface area contributed by atoms with E-state index in [1.54, 1.807) is 0 Å². The normalized spacial score (nSPS) is 12.9. The van der Waals surface area contributed by atoms with Crippen LogP contribution in [0.2, 0.25) is 0 Å². The average Bonchev–Trinajstić information content (AvgIpc) is 2.46. The van der Waals surface area contributed by atoms with Crippen LogP contribution in [0.1, 0.15) is 27.2 Å². The SMILES string of the molecule is CCN[C@H](C)CNC(=O)C(C)CCOc1ccccc1.Cl. The monoisotopic (exact) mass is 314 g/mol. The molecule has 2 atom stereocenters. The highest BCUT2D eigenvalue weighted by molar-refractivity contribution is 5.85. The van der Waals surface area contributed by atoms with Crippen molar-refractivity contribution in [2.75, 3.05) is 19.7 Å². The van der Waals surface area contributed by atoms with Gasteiger partial charge in [-0.3, -0.25) is 4.79 Å². The van der Waals surface area contributed by atoms with Gasteiger partial charge in [-0.1, -0.05) is 32.0 Å². The Hall–Kier alpha value is -1.26. The van der Waals surface area contributed by atoms with Crippen LogP contribution in [0.3, 0.4) is 0 Å². The summed E-state index contributed by atoms with van der Waals surface area (Å²) in [6.07, 6.45) is 0.719. The molecule has 1 aromatic rings. The molecule has 2 N–H and O–H groups in total. The molecule has 0 saturated carbocycles. The van der Waals surface area contributed by atoms with E-state index in [9.17, 15) is 4.79 Å². The minimum absolute atomic E-state index is 0. The number of nitrogens with one attached hydrogen (secondary N) is 2. The number of para-hydroxylation sites is 1. The Kier molecular flexibility index (Phi) is 10.7. The lowest BCUT2D eigenvalue weighted by atomic mass is 10.1. The predicted molar refractivity (Wildman–Crippen MR) is 89.1 cm³/mol. The van der Waals surface area contributed by atoms with E-state index in [2.05, 4.69) is 24.5 Å². The van der Waals surface area contributed by atoms with Crippen molar-refractivity contribution in [3.8, 4) is 5.75 Å². The van der Waals surface area contributed by atoms with E-state index in [0.717, 1.165) is 18.7 Å². The smallest absolute Gasteiger partial charge is 0.223 e. The Morgan fingerprint density at radius 3 is 2.52 bits per heavy atom. The van der Waals surface area contributed by atoms with Gasteiger partial charge in [0.15, 0.2) is 0 Å². The Morgan fingerprint density at radius 1 is 1.24 bits per heavy atom. The van der Waals surface area contributed by atoms with Gasteiger partial charge in [-0.15, -0.1) is 12.4 Å². The summed E-state index contributed by atoms with van der Waals surface area (Å²) in [7, 11) is 0. The van der Waals surface area contributed by atoms with E-state index in [1.165, 1.54) is 0 Å². The summed E-state index contributed by atoms with van der Waals surface area (Å²) >= 11 is 0. The number of rotatable bonds is 9. The van der Waals surface area contributed by atoms with Crippen molar-refractivity contribution in [3.63, 3.8) is 0 Å². The first-order valence-electron chi connectivity index (χ1n) is 7.32. The third kappa shape index (κ3) is 8.58. The maximum Gasteiger partial charge on any atom is 0.223 e. The summed E-state index contributed by atoms with van der Waals surface area (Å²) in [6.45, 7) is 8.19. The van der Waals surface area contributed by atoms with E-state index in [-0.39, 0.29) is 24.2 Å². The molecule has 0 aliphatic carbocycles. The van der Waals surface area contributed by atoms with Gasteiger partial charge in [-0.25, -0.2) is 0 Å². The number of likely N-dealkylation sites (N-methyl/N-ethyl adjacent to an activating group) is 1. The lowest BCUT2D eigenvalue weighted by molar-refractivity contribution is -0.124. The van der Waals surface area contributed by atoms with Crippen LogP contribution in [-0.2, 0) is 4.79 Å². The lowest BCUT2D eigenvalue weighted by Crippen LogP contribution is -2.40. The highest BCUT2D eigenvalue weighted by atomic mass is 35.5. The van der Waals surface area contributed by atoms with Gasteiger partial charge in [0.2, 0.25) is 5.91 Å². The fourth-order valence-electron chi connectivity index (χ4n) is 1.85. The van der Waals surface area contributed by atoms with Crippen LogP contribution in [0.4, 0.5) is 0 Å². The van der Waals surface area contributed by atoms with Crippen LogP contribution in [0.15, 0.2) is 30.3 Å². The van der Waals surface area contributed by atoms with Gasteiger partial charge >= 0.3 is 0 Å². The van der Waals surface area contributed by atoms with E-state index in [1.807, 2.05) is 37.3 Å². The van der Waals surface area contributed by atoms with E-state index >= 15 is 0 Å². The summed E-state index contributed by atoms with van der Waals surface area (Å²) in [5.41, 5.74) is 0. The van der Waals surface area contributed by atoms with Gasteiger partial charge in [0.1, 0.15) is 5.75 Å². The second-order valence-electron chi connectivity index (χ2n) is 5.06. The van der Waals surface area contributed by atoms with Crippen LogP contribution >= 0.6 is 12.4 Å². The van der Waals surface area contributed by atoms with Gasteiger partial charge in [-0.05, 0) is 32.0 Å². The standard InChI is InChI=1S/C16H26N2O2.ClH/c1-4-17-14(3)12-18-16(19)13(2)10-11-20-15-8-6-5-7-9-15;/h5-9,13-14,17H,4,10-12H2,1-3H3,(H,18,19);1H/t13?,14-;/m1./s1. The topological polar surface area (TPSA) is 50.4 Å². The molecule has 0 heterocycles. The number of carbonyl (C=O) groups excluding carboxylic acids is 1. The Morgan fingerprint density at radius 2 is 1.90 bits per heavy atom. The maximum absolute atomic E-state index is 11.9. The highest BCUT2D eigenvalue weighted by Crippen LogP contribution is 2.10. The van der Waals surface area contributed by atoms with Crippen molar-refractivity contribution in [2.24, 2.45) is 5.92 Å². The second kappa shape index (κ2) is 11.4. The number of hydrogen-bond acceptors (Lipinski definition) is 3. The Balaban J connectivity index is 0.00000400. The minimum Gasteiger partial charge on any atom is -0.494 e. The van der Waals surface area contributed by atoms with Crippen molar-refractivity contribution < 1.29 is 9.53 Å². The Labute approximate surface area is 134 Å². The summed E-state index contributed by atoms with van der Waals surface area (Å²) in [6, 6.07) is 9.97. The first-order chi connectivity index (χ1) is 9.63. The summed E-state index contributed by atoms with van der Waals surface area (Å²) in [5.74, 6) is 0.903. The molecule has 1 aromatic carbocycles. The number of halogens is 1. The molecule has 5 heteroatoms. The third-order valence-corrected chi connectivity index (χ3v) is 3.15. The number of amides is 1. The molecule has 0 saturated heterocycles. The molecule has 0 aliphatic rings. The largest absolute Gasteiger partial charge is 0.494 e. The quantitative estimate of drug-likeness (QED) is 0.736. The van der Waals surface area contributed by atoms with Gasteiger partial charge in [0.25, 0.3) is 0 Å². The average molecular weight is 315 g/mol. The van der Waals surface area contributed by atoms with Crippen molar-refractivity contribution in [1.29, 1.82) is 0 Å². The number of ether oxygens (including phenoxy) is 1. The summed E-state index contributed by atoms with van der Waals surface area (Å²) in [4.78, 5) is 11.9. The molecule has 0 aromatic heterocycles. The van der Waals surface area contributed by atoms with E-state index in [0.29, 0.717) is 19.2 Å². The number of carbonyl (C=O) groups is 1. The number of benzene rings is 1. The van der Waals surface area contributed by atoms with Crippen LogP contribution in [-0.4, -0.2) is 31.6 Å². The molecule has 0 spiro atoms. The van der Waals surface area contributed by atoms with E-state index in [4.69, 9.17) is 4.74 Å². The zero-order chi connectivity index (χ0) is 14.8. The molecule has 120 valence electrons. The fourth-order valence-corrected chi connectivity index (χ4v) is 1.85. The molecule has 1 amide bonds. The molecule has 4 nitrogen and oxygen atoms in total. The summed E-state index contributed by atoms with van der Waals surface area (Å²) in [5, 5.41) is 6.22. The van der Waals surface area contributed by atoms with Gasteiger partial charge in [0.05, 0.1) is 6.61 Å². The van der Waals surface area contributed by atoms with Crippen LogP contribution < -0.4 is 15.4 Å². The van der Waals surface area contributed by atoms with Crippen molar-refractivity contribution >= 4 is 18.3 Å². The first kappa shape index (κ1) is 19.7. The van der Waals surface area contributed by atoms with Crippen LogP contribution in [0.5, 0.6) is 5.75 Å². The molecular formula is C16H27ClN2O2. The Bertz CT molecular complexity index is 387. The molecule has 21 heavy (non-hydrogen) atoms.